The number of Topliss-reactive ketones (excluding diaryl/α,β-unsaturated/α-hetero) is 1. The van der Waals surface area contributed by atoms with Crippen LogP contribution < -0.4 is 5.43 Å². The van der Waals surface area contributed by atoms with Gasteiger partial charge in [-0.1, -0.05) is 0 Å². The molecule has 3 rings (SSSR count). The summed E-state index contributed by atoms with van der Waals surface area (Å²) in [7, 11) is 0. The van der Waals surface area contributed by atoms with Crippen molar-refractivity contribution in [2.75, 3.05) is 19.7 Å². The van der Waals surface area contributed by atoms with Gasteiger partial charge >= 0.3 is 6.09 Å². The monoisotopic (exact) mass is 416 g/mol. The maximum absolute atomic E-state index is 12.8. The molecule has 160 valence electrons. The topological polar surface area (TPSA) is 122 Å². The fraction of sp³-hybridized carbons (Fsp3) is 0.450. The molecule has 1 saturated heterocycles. The molecule has 0 bridgehead atoms. The number of nitrogens with zero attached hydrogens (tertiary/aromatic N) is 3. The number of amides is 2. The third-order valence-electron chi connectivity index (χ3n) is 5.07. The van der Waals surface area contributed by atoms with Crippen LogP contribution in [0.1, 0.15) is 49.4 Å². The lowest BCUT2D eigenvalue weighted by molar-refractivity contribution is -0.384. The lowest BCUT2D eigenvalue weighted by Crippen LogP contribution is -2.49. The Morgan fingerprint density at radius 1 is 1.17 bits per heavy atom. The van der Waals surface area contributed by atoms with Gasteiger partial charge < -0.3 is 9.64 Å². The third-order valence-corrected chi connectivity index (χ3v) is 5.07. The van der Waals surface area contributed by atoms with Gasteiger partial charge in [-0.05, 0) is 44.7 Å². The molecule has 1 N–H and O–H groups in total. The lowest BCUT2D eigenvalue weighted by Gasteiger charge is -2.33. The number of ether oxygens (including phenoxy) is 1. The molecule has 10 heteroatoms. The van der Waals surface area contributed by atoms with Crippen molar-refractivity contribution in [2.45, 2.75) is 39.0 Å². The predicted octanol–water partition coefficient (Wildman–Crippen LogP) is 2.76. The molecule has 0 aromatic heterocycles. The van der Waals surface area contributed by atoms with Crippen molar-refractivity contribution in [3.63, 3.8) is 0 Å². The number of carbonyl (C=O) groups is 3. The van der Waals surface area contributed by atoms with Gasteiger partial charge in [0.25, 0.3) is 11.6 Å². The van der Waals surface area contributed by atoms with Crippen LogP contribution in [-0.4, -0.2) is 52.3 Å². The summed E-state index contributed by atoms with van der Waals surface area (Å²) in [6, 6.07) is 4.97. The Morgan fingerprint density at radius 3 is 2.43 bits per heavy atom. The van der Waals surface area contributed by atoms with Crippen LogP contribution in [0, 0.1) is 10.1 Å². The Labute approximate surface area is 173 Å². The first kappa shape index (κ1) is 21.3. The highest BCUT2D eigenvalue weighted by molar-refractivity contribution is 6.01. The first-order chi connectivity index (χ1) is 14.4. The second-order valence-electron chi connectivity index (χ2n) is 7.05. The maximum Gasteiger partial charge on any atom is 0.433 e. The second kappa shape index (κ2) is 9.38. The zero-order valence-electron chi connectivity index (χ0n) is 16.8. The molecule has 1 heterocycles. The largest absolute Gasteiger partial charge is 0.448 e. The smallest absolute Gasteiger partial charge is 0.433 e. The summed E-state index contributed by atoms with van der Waals surface area (Å²) in [6.07, 6.45) is 2.73. The van der Waals surface area contributed by atoms with E-state index in [9.17, 15) is 24.5 Å². The number of nitro groups is 1. The quantitative estimate of drug-likeness (QED) is 0.578. The van der Waals surface area contributed by atoms with Gasteiger partial charge in [-0.2, -0.15) is 5.01 Å². The summed E-state index contributed by atoms with van der Waals surface area (Å²) < 4.78 is 5.08. The molecular formula is C20H24N4O6. The van der Waals surface area contributed by atoms with E-state index in [0.717, 1.165) is 36.6 Å². The highest BCUT2D eigenvalue weighted by atomic mass is 16.6. The molecule has 1 aliphatic carbocycles. The normalized spacial score (nSPS) is 16.4. The Morgan fingerprint density at radius 2 is 1.83 bits per heavy atom. The third kappa shape index (κ3) is 4.58. The zero-order chi connectivity index (χ0) is 21.7. The molecule has 0 atom stereocenters. The van der Waals surface area contributed by atoms with Crippen molar-refractivity contribution < 1.29 is 24.0 Å². The van der Waals surface area contributed by atoms with Gasteiger partial charge in [0.2, 0.25) is 0 Å². The van der Waals surface area contributed by atoms with E-state index in [0.29, 0.717) is 12.8 Å². The van der Waals surface area contributed by atoms with Crippen LogP contribution in [0.3, 0.4) is 0 Å². The van der Waals surface area contributed by atoms with Gasteiger partial charge in [0.1, 0.15) is 5.70 Å². The summed E-state index contributed by atoms with van der Waals surface area (Å²) >= 11 is 0. The van der Waals surface area contributed by atoms with E-state index in [4.69, 9.17) is 4.74 Å². The van der Waals surface area contributed by atoms with Gasteiger partial charge in [0.05, 0.1) is 11.5 Å². The van der Waals surface area contributed by atoms with Crippen LogP contribution in [0.25, 0.3) is 0 Å². The molecule has 0 radical (unpaired) electrons. The summed E-state index contributed by atoms with van der Waals surface area (Å²) in [5, 5.41) is 11.7. The van der Waals surface area contributed by atoms with Crippen molar-refractivity contribution in [1.29, 1.82) is 0 Å². The van der Waals surface area contributed by atoms with Gasteiger partial charge in [0, 0.05) is 42.9 Å². The number of nitrogens with one attached hydrogen (secondary N) is 1. The number of hydrogen-bond acceptors (Lipinski definition) is 7. The highest BCUT2D eigenvalue weighted by Crippen LogP contribution is 2.30. The number of likely N-dealkylation sites (tertiary alicyclic amines) is 1. The number of hydrogen-bond donors (Lipinski definition) is 1. The lowest BCUT2D eigenvalue weighted by atomic mass is 9.98. The van der Waals surface area contributed by atoms with Crippen molar-refractivity contribution in [2.24, 2.45) is 0 Å². The predicted molar refractivity (Wildman–Crippen MR) is 106 cm³/mol. The highest BCUT2D eigenvalue weighted by Gasteiger charge is 2.34. The van der Waals surface area contributed by atoms with Gasteiger partial charge in [-0.25, -0.2) is 4.79 Å². The van der Waals surface area contributed by atoms with Crippen LogP contribution in [-0.2, 0) is 9.53 Å². The number of nitro benzene ring substituents is 1. The molecule has 1 aromatic rings. The van der Waals surface area contributed by atoms with Crippen LogP contribution >= 0.6 is 0 Å². The summed E-state index contributed by atoms with van der Waals surface area (Å²) in [5.41, 5.74) is 3.29. The number of ketones is 1. The molecule has 0 saturated carbocycles. The average Bonchev–Trinajstić information content (AvgIpc) is 3.27. The zero-order valence-corrected chi connectivity index (χ0v) is 16.8. The number of non-ortho nitro benzene ring substituents is 1. The number of hydrazine groups is 1. The number of allylic oxidation sites excluding steroid dienone is 2. The minimum Gasteiger partial charge on any atom is -0.448 e. The fourth-order valence-corrected chi connectivity index (χ4v) is 3.64. The van der Waals surface area contributed by atoms with Crippen LogP contribution in [0.2, 0.25) is 0 Å². The Kier molecular flexibility index (Phi) is 6.65. The Bertz CT molecular complexity index is 874. The number of rotatable bonds is 5. The molecule has 2 aliphatic rings. The molecule has 0 spiro atoms. The SMILES string of the molecule is CCOC(=O)N(NC(=O)c1ccc([N+](=O)[O-])cc1)C1=C(N2CCCC2)CCCC1=O. The van der Waals surface area contributed by atoms with Gasteiger partial charge in [0.15, 0.2) is 5.78 Å². The van der Waals surface area contributed by atoms with E-state index in [2.05, 4.69) is 10.3 Å². The molecule has 1 fully saturated rings. The van der Waals surface area contributed by atoms with Crippen LogP contribution in [0.15, 0.2) is 35.7 Å². The summed E-state index contributed by atoms with van der Waals surface area (Å²) in [4.78, 5) is 50.5. The first-order valence-electron chi connectivity index (χ1n) is 9.96. The minimum atomic E-state index is -0.852. The van der Waals surface area contributed by atoms with Crippen LogP contribution in [0.4, 0.5) is 10.5 Å². The van der Waals surface area contributed by atoms with E-state index < -0.39 is 16.9 Å². The molecule has 1 aliphatic heterocycles. The molecule has 30 heavy (non-hydrogen) atoms. The summed E-state index contributed by atoms with van der Waals surface area (Å²) in [6.45, 7) is 3.29. The average molecular weight is 416 g/mol. The Hall–Kier alpha value is -3.43. The van der Waals surface area contributed by atoms with Crippen molar-refractivity contribution >= 4 is 23.5 Å². The molecule has 1 aromatic carbocycles. The minimum absolute atomic E-state index is 0.0727. The number of carbonyl (C=O) groups excluding carboxylic acids is 3. The molecular weight excluding hydrogens is 392 g/mol. The van der Waals surface area contributed by atoms with Crippen LogP contribution in [0.5, 0.6) is 0 Å². The van der Waals surface area contributed by atoms with Gasteiger partial charge in [-0.3, -0.25) is 25.1 Å². The molecule has 0 unspecified atom stereocenters. The van der Waals surface area contributed by atoms with Crippen molar-refractivity contribution in [1.82, 2.24) is 15.3 Å². The summed E-state index contributed by atoms with van der Waals surface area (Å²) in [5.74, 6) is -0.912. The fourth-order valence-electron chi connectivity index (χ4n) is 3.64. The Balaban J connectivity index is 1.93. The molecule has 2 amide bonds. The number of benzene rings is 1. The van der Waals surface area contributed by atoms with E-state index >= 15 is 0 Å². The molecule has 10 nitrogen and oxygen atoms in total. The van der Waals surface area contributed by atoms with Crippen molar-refractivity contribution in [3.05, 3.63) is 51.3 Å². The van der Waals surface area contributed by atoms with E-state index in [1.165, 1.54) is 24.3 Å². The van der Waals surface area contributed by atoms with Crippen molar-refractivity contribution in [3.8, 4) is 0 Å². The second-order valence-corrected chi connectivity index (χ2v) is 7.05. The first-order valence-corrected chi connectivity index (χ1v) is 9.96. The maximum atomic E-state index is 12.8. The van der Waals surface area contributed by atoms with E-state index in [1.807, 2.05) is 0 Å². The van der Waals surface area contributed by atoms with Gasteiger partial charge in [-0.15, -0.1) is 0 Å². The van der Waals surface area contributed by atoms with E-state index in [1.54, 1.807) is 6.92 Å². The van der Waals surface area contributed by atoms with E-state index in [-0.39, 0.29) is 35.8 Å². The standard InChI is InChI=1S/C20H24N4O6/c1-2-30-20(27)23(21-19(26)14-8-10-15(11-9-14)24(28)29)18-16(6-5-7-17(18)25)22-12-3-4-13-22/h8-11H,2-7,12-13H2,1H3,(H,21,26).